The zero-order valence-corrected chi connectivity index (χ0v) is 8.45. The Bertz CT molecular complexity index is 554. The lowest BCUT2D eigenvalue weighted by Gasteiger charge is -2.11. The first-order valence-corrected chi connectivity index (χ1v) is 4.96. The molecule has 74 valence electrons. The van der Waals surface area contributed by atoms with Crippen molar-refractivity contribution < 1.29 is 9.36 Å². The molecule has 2 aromatic rings. The zero-order valence-electron chi connectivity index (χ0n) is 8.45. The van der Waals surface area contributed by atoms with Gasteiger partial charge in [0.25, 0.3) is 0 Å². The molecule has 0 atom stereocenters. The smallest absolute Gasteiger partial charge is 0.242 e. The van der Waals surface area contributed by atoms with Crippen LogP contribution in [0.15, 0.2) is 30.6 Å². The van der Waals surface area contributed by atoms with Gasteiger partial charge in [0.15, 0.2) is 5.69 Å². The van der Waals surface area contributed by atoms with E-state index in [1.54, 1.807) is 0 Å². The quantitative estimate of drug-likeness (QED) is 0.538. The molecule has 0 saturated carbocycles. The summed E-state index contributed by atoms with van der Waals surface area (Å²) in [6.07, 6.45) is 2.66. The molecule has 15 heavy (non-hydrogen) atoms. The van der Waals surface area contributed by atoms with E-state index in [0.717, 1.165) is 28.9 Å². The second-order valence-corrected chi connectivity index (χ2v) is 3.87. The maximum absolute atomic E-state index is 12.1. The van der Waals surface area contributed by atoms with Gasteiger partial charge in [-0.15, -0.1) is 0 Å². The van der Waals surface area contributed by atoms with Crippen LogP contribution < -0.4 is 4.57 Å². The van der Waals surface area contributed by atoms with Crippen molar-refractivity contribution in [2.45, 2.75) is 6.42 Å². The van der Waals surface area contributed by atoms with Gasteiger partial charge >= 0.3 is 0 Å². The summed E-state index contributed by atoms with van der Waals surface area (Å²) < 4.78 is 1.98. The van der Waals surface area contributed by atoms with Crippen molar-refractivity contribution >= 4 is 5.78 Å². The molecule has 0 unspecified atom stereocenters. The van der Waals surface area contributed by atoms with E-state index in [0.29, 0.717) is 0 Å². The van der Waals surface area contributed by atoms with E-state index < -0.39 is 0 Å². The van der Waals surface area contributed by atoms with Crippen LogP contribution in [0.3, 0.4) is 0 Å². The minimum absolute atomic E-state index is 0.104. The van der Waals surface area contributed by atoms with Crippen LogP contribution in [0.4, 0.5) is 0 Å². The number of carbonyl (C=O) groups excluding carboxylic acids is 1. The van der Waals surface area contributed by atoms with Crippen LogP contribution in [0.25, 0.3) is 0 Å². The predicted molar refractivity (Wildman–Crippen MR) is 54.6 cm³/mol. The van der Waals surface area contributed by atoms with Crippen LogP contribution in [0.2, 0.25) is 0 Å². The highest BCUT2D eigenvalue weighted by atomic mass is 16.1. The second-order valence-electron chi connectivity index (χ2n) is 3.87. The van der Waals surface area contributed by atoms with Crippen LogP contribution in [-0.2, 0) is 13.5 Å². The maximum Gasteiger partial charge on any atom is 0.242 e. The summed E-state index contributed by atoms with van der Waals surface area (Å²) >= 11 is 0. The van der Waals surface area contributed by atoms with Gasteiger partial charge in [-0.05, 0) is 5.56 Å². The van der Waals surface area contributed by atoms with Crippen LogP contribution >= 0.6 is 0 Å². The fraction of sp³-hybridized carbons (Fsp3) is 0.167. The number of hydrogen-bond donors (Lipinski definition) is 1. The summed E-state index contributed by atoms with van der Waals surface area (Å²) in [6.45, 7) is 0. The number of aromatic nitrogens is 2. The average molecular weight is 199 g/mol. The third-order valence-electron chi connectivity index (χ3n) is 2.96. The molecule has 0 aliphatic heterocycles. The number of rotatable bonds is 0. The van der Waals surface area contributed by atoms with E-state index in [1.807, 2.05) is 42.2 Å². The second kappa shape index (κ2) is 2.79. The van der Waals surface area contributed by atoms with Crippen LogP contribution in [-0.4, -0.2) is 10.8 Å². The van der Waals surface area contributed by atoms with Gasteiger partial charge in [-0.1, -0.05) is 24.3 Å². The molecular formula is C12H11N2O+. The highest BCUT2D eigenvalue weighted by Gasteiger charge is 2.30. The monoisotopic (exact) mass is 199 g/mol. The van der Waals surface area contributed by atoms with E-state index in [2.05, 4.69) is 4.98 Å². The van der Waals surface area contributed by atoms with Gasteiger partial charge in [0.1, 0.15) is 0 Å². The Hall–Kier alpha value is -1.90. The third-order valence-corrected chi connectivity index (χ3v) is 2.96. The first-order valence-electron chi connectivity index (χ1n) is 4.96. The molecule has 1 aromatic carbocycles. The van der Waals surface area contributed by atoms with Gasteiger partial charge < -0.3 is 0 Å². The van der Waals surface area contributed by atoms with Crippen LogP contribution in [0.5, 0.6) is 0 Å². The number of hydrogen-bond acceptors (Lipinski definition) is 1. The molecule has 0 spiro atoms. The lowest BCUT2D eigenvalue weighted by molar-refractivity contribution is -0.677. The molecule has 3 nitrogen and oxygen atoms in total. The molecular weight excluding hydrogens is 188 g/mol. The molecule has 1 aliphatic carbocycles. The fourth-order valence-corrected chi connectivity index (χ4v) is 2.12. The highest BCUT2D eigenvalue weighted by Crippen LogP contribution is 2.23. The third kappa shape index (κ3) is 1.06. The lowest BCUT2D eigenvalue weighted by Crippen LogP contribution is -2.33. The van der Waals surface area contributed by atoms with E-state index in [-0.39, 0.29) is 5.78 Å². The first-order chi connectivity index (χ1) is 7.27. The summed E-state index contributed by atoms with van der Waals surface area (Å²) in [4.78, 5) is 15.1. The molecule has 0 amide bonds. The number of nitrogens with one attached hydrogen (secondary N) is 1. The molecule has 3 rings (SSSR count). The highest BCUT2D eigenvalue weighted by molar-refractivity contribution is 6.10. The van der Waals surface area contributed by atoms with E-state index in [1.165, 1.54) is 0 Å². The van der Waals surface area contributed by atoms with Crippen LogP contribution in [0, 0.1) is 0 Å². The van der Waals surface area contributed by atoms with Crippen LogP contribution in [0.1, 0.15) is 27.3 Å². The van der Waals surface area contributed by atoms with Crippen molar-refractivity contribution in [1.82, 2.24) is 4.98 Å². The average Bonchev–Trinajstić information content (AvgIpc) is 2.62. The first kappa shape index (κ1) is 8.41. The van der Waals surface area contributed by atoms with Crippen molar-refractivity contribution in [1.29, 1.82) is 0 Å². The Morgan fingerprint density at radius 2 is 2.13 bits per heavy atom. The molecule has 1 N–H and O–H groups in total. The topological polar surface area (TPSA) is 36.7 Å². The van der Waals surface area contributed by atoms with Gasteiger partial charge in [-0.2, -0.15) is 0 Å². The predicted octanol–water partition coefficient (Wildman–Crippen LogP) is 0.974. The zero-order chi connectivity index (χ0) is 10.4. The van der Waals surface area contributed by atoms with Crippen molar-refractivity contribution in [3.63, 3.8) is 0 Å². The van der Waals surface area contributed by atoms with E-state index in [4.69, 9.17) is 0 Å². The van der Waals surface area contributed by atoms with Gasteiger partial charge in [0, 0.05) is 12.0 Å². The normalized spacial score (nSPS) is 13.5. The summed E-state index contributed by atoms with van der Waals surface area (Å²) in [7, 11) is 1.95. The SMILES string of the molecule is C[n+]1c[nH]c2c1Cc1ccccc1C2=O. The van der Waals surface area contributed by atoms with Gasteiger partial charge in [-0.25, -0.2) is 9.55 Å². The summed E-state index contributed by atoms with van der Waals surface area (Å²) in [5.74, 6) is 0.104. The van der Waals surface area contributed by atoms with Crippen molar-refractivity contribution in [2.24, 2.45) is 7.05 Å². The molecule has 3 heteroatoms. The maximum atomic E-state index is 12.1. The Kier molecular flexibility index (Phi) is 1.57. The van der Waals surface area contributed by atoms with Gasteiger partial charge in [0.2, 0.25) is 17.8 Å². The van der Waals surface area contributed by atoms with Crippen molar-refractivity contribution in [3.8, 4) is 0 Å². The number of aromatic amines is 1. The number of H-pyrrole nitrogens is 1. The fourth-order valence-electron chi connectivity index (χ4n) is 2.12. The molecule has 1 heterocycles. The standard InChI is InChI=1S/C12H10N2O/c1-14-7-13-11-10(14)6-8-4-2-3-5-9(8)12(11)15/h2-5,7H,6H2,1H3/p+1. The lowest BCUT2D eigenvalue weighted by atomic mass is 9.91. The van der Waals surface area contributed by atoms with Crippen molar-refractivity contribution in [2.75, 3.05) is 0 Å². The number of ketones is 1. The van der Waals surface area contributed by atoms with Gasteiger partial charge in [0.05, 0.1) is 7.05 Å². The Morgan fingerprint density at radius 1 is 1.33 bits per heavy atom. The Labute approximate surface area is 87.4 Å². The summed E-state index contributed by atoms with van der Waals surface area (Å²) in [5, 5.41) is 0. The van der Waals surface area contributed by atoms with Gasteiger partial charge in [-0.3, -0.25) is 4.79 Å². The minimum Gasteiger partial charge on any atom is -0.284 e. The molecule has 0 radical (unpaired) electrons. The number of nitrogens with zero attached hydrogens (tertiary/aromatic N) is 1. The molecule has 1 aromatic heterocycles. The Morgan fingerprint density at radius 3 is 3.00 bits per heavy atom. The van der Waals surface area contributed by atoms with E-state index in [9.17, 15) is 4.79 Å². The number of imidazole rings is 1. The van der Waals surface area contributed by atoms with E-state index >= 15 is 0 Å². The molecule has 0 fully saturated rings. The number of fused-ring (bicyclic) bond motifs is 2. The summed E-state index contributed by atoms with van der Waals surface area (Å²) in [5.41, 5.74) is 3.74. The molecule has 0 bridgehead atoms. The minimum atomic E-state index is 0.104. The molecule has 0 saturated heterocycles. The number of aryl methyl sites for hydroxylation is 1. The molecule has 1 aliphatic rings. The van der Waals surface area contributed by atoms with Crippen molar-refractivity contribution in [3.05, 3.63) is 53.1 Å². The largest absolute Gasteiger partial charge is 0.284 e. The number of benzene rings is 1. The number of carbonyl (C=O) groups is 1. The summed E-state index contributed by atoms with van der Waals surface area (Å²) in [6, 6.07) is 7.79. The Balaban J connectivity index is 2.26.